The van der Waals surface area contributed by atoms with E-state index in [1.54, 1.807) is 36.4 Å². The van der Waals surface area contributed by atoms with E-state index >= 15 is 0 Å². The van der Waals surface area contributed by atoms with Crippen molar-refractivity contribution in [3.05, 3.63) is 56.1 Å². The Morgan fingerprint density at radius 3 is 1.73 bits per heavy atom. The minimum absolute atomic E-state index is 0.274. The standard InChI is InChI=1S/C10H11BrFN3.C10H11FIN3/c11-8-4-3-5-9(10(8)12)13-14-15-6-1-2-7-15;11-10-8(12)4-3-5-9(10)13-14-15-6-1-2-7-15/h2*3-5H,1-2,6-7H2. The van der Waals surface area contributed by atoms with Crippen molar-refractivity contribution in [2.24, 2.45) is 20.7 Å². The van der Waals surface area contributed by atoms with Crippen molar-refractivity contribution in [2.75, 3.05) is 26.2 Å². The highest BCUT2D eigenvalue weighted by atomic mass is 127. The van der Waals surface area contributed by atoms with E-state index in [2.05, 4.69) is 36.6 Å². The second-order valence-corrected chi connectivity index (χ2v) is 8.86. The van der Waals surface area contributed by atoms with Gasteiger partial charge in [0.1, 0.15) is 11.4 Å². The molecule has 0 radical (unpaired) electrons. The van der Waals surface area contributed by atoms with Crippen molar-refractivity contribution in [2.45, 2.75) is 25.7 Å². The third-order valence-corrected chi connectivity index (χ3v) is 6.03. The maximum absolute atomic E-state index is 13.5. The first-order chi connectivity index (χ1) is 14.5. The third-order valence-electron chi connectivity index (χ3n) is 4.59. The van der Waals surface area contributed by atoms with E-state index in [1.807, 2.05) is 32.6 Å². The molecule has 0 saturated carbocycles. The highest BCUT2D eigenvalue weighted by Crippen LogP contribution is 2.26. The van der Waals surface area contributed by atoms with Gasteiger partial charge in [-0.1, -0.05) is 22.6 Å². The lowest BCUT2D eigenvalue weighted by molar-refractivity contribution is 0.336. The van der Waals surface area contributed by atoms with Gasteiger partial charge in [0.15, 0.2) is 11.6 Å². The van der Waals surface area contributed by atoms with Crippen LogP contribution in [0.3, 0.4) is 0 Å². The summed E-state index contributed by atoms with van der Waals surface area (Å²) in [5, 5.41) is 19.6. The zero-order chi connectivity index (χ0) is 21.3. The fourth-order valence-electron chi connectivity index (χ4n) is 2.94. The lowest BCUT2D eigenvalue weighted by Gasteiger charge is -2.07. The van der Waals surface area contributed by atoms with E-state index in [4.69, 9.17) is 0 Å². The molecule has 0 N–H and O–H groups in total. The van der Waals surface area contributed by atoms with Crippen molar-refractivity contribution in [3.63, 3.8) is 0 Å². The normalized spacial score (nSPS) is 16.5. The minimum Gasteiger partial charge on any atom is -0.278 e. The summed E-state index contributed by atoms with van der Waals surface area (Å²) >= 11 is 5.06. The Morgan fingerprint density at radius 2 is 1.20 bits per heavy atom. The Balaban J connectivity index is 0.000000171. The molecule has 2 aromatic carbocycles. The van der Waals surface area contributed by atoms with Crippen LogP contribution in [0, 0.1) is 15.2 Å². The lowest BCUT2D eigenvalue weighted by Crippen LogP contribution is -2.09. The van der Waals surface area contributed by atoms with Crippen LogP contribution >= 0.6 is 38.5 Å². The molecular weight excluding hydrogens is 569 g/mol. The molecule has 0 bridgehead atoms. The highest BCUT2D eigenvalue weighted by Gasteiger charge is 2.11. The predicted molar refractivity (Wildman–Crippen MR) is 124 cm³/mol. The Morgan fingerprint density at radius 1 is 0.733 bits per heavy atom. The average Bonchev–Trinajstić information content (AvgIpc) is 3.45. The van der Waals surface area contributed by atoms with Gasteiger partial charge in [0.25, 0.3) is 0 Å². The van der Waals surface area contributed by atoms with Gasteiger partial charge in [-0.3, -0.25) is 10.0 Å². The number of hydrogen-bond acceptors (Lipinski definition) is 4. The number of nitrogens with zero attached hydrogens (tertiary/aromatic N) is 6. The molecule has 6 nitrogen and oxygen atoms in total. The van der Waals surface area contributed by atoms with Crippen LogP contribution in [0.2, 0.25) is 0 Å². The van der Waals surface area contributed by atoms with Crippen LogP contribution in [0.4, 0.5) is 20.2 Å². The van der Waals surface area contributed by atoms with Crippen LogP contribution in [0.25, 0.3) is 0 Å². The molecular formula is C20H22BrF2IN6. The highest BCUT2D eigenvalue weighted by molar-refractivity contribution is 14.1. The predicted octanol–water partition coefficient (Wildman–Crippen LogP) is 7.21. The van der Waals surface area contributed by atoms with Crippen LogP contribution < -0.4 is 0 Å². The van der Waals surface area contributed by atoms with Gasteiger partial charge in [0.05, 0.1) is 8.04 Å². The molecule has 2 aromatic rings. The smallest absolute Gasteiger partial charge is 0.164 e. The maximum Gasteiger partial charge on any atom is 0.164 e. The molecule has 2 fully saturated rings. The molecule has 0 unspecified atom stereocenters. The first kappa shape index (κ1) is 23.0. The first-order valence-electron chi connectivity index (χ1n) is 9.76. The summed E-state index contributed by atoms with van der Waals surface area (Å²) in [4.78, 5) is 0. The molecule has 10 heteroatoms. The van der Waals surface area contributed by atoms with Crippen molar-refractivity contribution in [1.29, 1.82) is 0 Å². The van der Waals surface area contributed by atoms with Gasteiger partial charge < -0.3 is 0 Å². The van der Waals surface area contributed by atoms with Crippen molar-refractivity contribution in [1.82, 2.24) is 10.0 Å². The summed E-state index contributed by atoms with van der Waals surface area (Å²) in [5.41, 5.74) is 0.588. The van der Waals surface area contributed by atoms with Gasteiger partial charge in [-0.15, -0.1) is 10.2 Å². The Bertz CT molecular complexity index is 825. The first-order valence-corrected chi connectivity index (χ1v) is 11.6. The summed E-state index contributed by atoms with van der Waals surface area (Å²) < 4.78 is 27.9. The molecule has 0 aliphatic carbocycles. The number of halogens is 4. The van der Waals surface area contributed by atoms with Crippen molar-refractivity contribution >= 4 is 49.9 Å². The molecule has 4 rings (SSSR count). The number of hydrogen-bond donors (Lipinski definition) is 0. The molecule has 0 atom stereocenters. The molecule has 0 aromatic heterocycles. The third kappa shape index (κ3) is 6.66. The molecule has 160 valence electrons. The molecule has 0 spiro atoms. The SMILES string of the molecule is Fc1c(Br)cccc1N=NN1CCCC1.Fc1c(I)cccc1N=NN1CCCC1. The van der Waals surface area contributed by atoms with Crippen LogP contribution in [-0.2, 0) is 0 Å². The van der Waals surface area contributed by atoms with E-state index < -0.39 is 0 Å². The fraction of sp³-hybridized carbons (Fsp3) is 0.400. The topological polar surface area (TPSA) is 55.9 Å². The largest absolute Gasteiger partial charge is 0.278 e. The van der Waals surface area contributed by atoms with E-state index in [1.165, 1.54) is 0 Å². The molecule has 30 heavy (non-hydrogen) atoms. The van der Waals surface area contributed by atoms with Gasteiger partial charge in [-0.2, -0.15) is 0 Å². The number of rotatable bonds is 4. The van der Waals surface area contributed by atoms with E-state index in [0.717, 1.165) is 51.9 Å². The van der Waals surface area contributed by atoms with Crippen LogP contribution in [0.1, 0.15) is 25.7 Å². The molecule has 2 aliphatic rings. The molecule has 0 amide bonds. The second kappa shape index (κ2) is 11.6. The lowest BCUT2D eigenvalue weighted by atomic mass is 10.3. The zero-order valence-electron chi connectivity index (χ0n) is 16.3. The van der Waals surface area contributed by atoms with Gasteiger partial charge >= 0.3 is 0 Å². The Labute approximate surface area is 196 Å². The monoisotopic (exact) mass is 590 g/mol. The van der Waals surface area contributed by atoms with Crippen molar-refractivity contribution < 1.29 is 8.78 Å². The second-order valence-electron chi connectivity index (χ2n) is 6.85. The summed E-state index contributed by atoms with van der Waals surface area (Å²) in [6, 6.07) is 10.1. The van der Waals surface area contributed by atoms with Crippen LogP contribution in [0.15, 0.2) is 61.5 Å². The fourth-order valence-corrected chi connectivity index (χ4v) is 3.78. The average molecular weight is 591 g/mol. The quantitative estimate of drug-likeness (QED) is 0.279. The molecule has 2 heterocycles. The Hall–Kier alpha value is -1.69. The van der Waals surface area contributed by atoms with E-state index in [9.17, 15) is 8.78 Å². The maximum atomic E-state index is 13.5. The van der Waals surface area contributed by atoms with Crippen molar-refractivity contribution in [3.8, 4) is 0 Å². The van der Waals surface area contributed by atoms with E-state index in [-0.39, 0.29) is 17.3 Å². The zero-order valence-corrected chi connectivity index (χ0v) is 20.1. The molecule has 2 aliphatic heterocycles. The van der Waals surface area contributed by atoms with Gasteiger partial charge in [0, 0.05) is 26.2 Å². The number of benzene rings is 2. The van der Waals surface area contributed by atoms with Gasteiger partial charge in [0.2, 0.25) is 0 Å². The Kier molecular flexibility index (Phi) is 8.91. The van der Waals surface area contributed by atoms with Crippen LogP contribution in [0.5, 0.6) is 0 Å². The van der Waals surface area contributed by atoms with Gasteiger partial charge in [-0.05, 0) is 88.5 Å². The molecule has 2 saturated heterocycles. The summed E-state index contributed by atoms with van der Waals surface area (Å²) in [6.07, 6.45) is 4.57. The van der Waals surface area contributed by atoms with E-state index in [0.29, 0.717) is 13.7 Å². The summed E-state index contributed by atoms with van der Waals surface area (Å²) in [6.45, 7) is 3.68. The summed E-state index contributed by atoms with van der Waals surface area (Å²) in [5.74, 6) is -0.651. The van der Waals surface area contributed by atoms with Gasteiger partial charge in [-0.25, -0.2) is 8.78 Å². The minimum atomic E-state index is -0.361. The van der Waals surface area contributed by atoms with Crippen LogP contribution in [-0.4, -0.2) is 36.2 Å². The summed E-state index contributed by atoms with van der Waals surface area (Å²) in [7, 11) is 0.